The summed E-state index contributed by atoms with van der Waals surface area (Å²) in [6.07, 6.45) is 9.23. The van der Waals surface area contributed by atoms with Crippen molar-refractivity contribution in [3.8, 4) is 28.4 Å². The predicted molar refractivity (Wildman–Crippen MR) is 145 cm³/mol. The molecule has 5 heteroatoms. The van der Waals surface area contributed by atoms with Crippen LogP contribution in [0.5, 0.6) is 17.2 Å². The van der Waals surface area contributed by atoms with Crippen LogP contribution in [0.15, 0.2) is 66.7 Å². The Kier molecular flexibility index (Phi) is 9.58. The Balaban J connectivity index is 1.31. The summed E-state index contributed by atoms with van der Waals surface area (Å²) in [7, 11) is 0. The quantitative estimate of drug-likeness (QED) is 0.157. The molecule has 0 amide bonds. The van der Waals surface area contributed by atoms with Gasteiger partial charge in [0, 0.05) is 5.56 Å². The molecule has 0 bridgehead atoms. The molecule has 37 heavy (non-hydrogen) atoms. The Labute approximate surface area is 219 Å². The monoisotopic (exact) mass is 504 g/mol. The first kappa shape index (κ1) is 26.7. The van der Waals surface area contributed by atoms with Crippen LogP contribution >= 0.6 is 0 Å². The lowest BCUT2D eigenvalue weighted by molar-refractivity contribution is 0.152. The summed E-state index contributed by atoms with van der Waals surface area (Å²) < 4.78 is 30.9. The van der Waals surface area contributed by atoms with E-state index < -0.39 is 6.16 Å². The molecule has 4 nitrogen and oxygen atoms in total. The van der Waals surface area contributed by atoms with Crippen molar-refractivity contribution < 1.29 is 23.4 Å². The molecule has 1 aliphatic rings. The second kappa shape index (κ2) is 13.3. The number of carbonyl (C=O) groups excluding carboxylic acids is 1. The van der Waals surface area contributed by atoms with Gasteiger partial charge in [-0.1, -0.05) is 56.9 Å². The van der Waals surface area contributed by atoms with Gasteiger partial charge >= 0.3 is 6.16 Å². The fourth-order valence-electron chi connectivity index (χ4n) is 5.17. The topological polar surface area (TPSA) is 44.8 Å². The molecule has 3 aromatic carbocycles. The summed E-state index contributed by atoms with van der Waals surface area (Å²) in [5.41, 5.74) is 2.38. The van der Waals surface area contributed by atoms with E-state index in [1.54, 1.807) is 54.6 Å². The van der Waals surface area contributed by atoms with E-state index in [1.807, 2.05) is 13.0 Å². The summed E-state index contributed by atoms with van der Waals surface area (Å²) in [5.74, 6) is 2.45. The van der Waals surface area contributed by atoms with Gasteiger partial charge < -0.3 is 14.2 Å². The number of hydrogen-bond acceptors (Lipinski definition) is 4. The van der Waals surface area contributed by atoms with Gasteiger partial charge in [0.15, 0.2) is 0 Å². The molecule has 0 saturated heterocycles. The van der Waals surface area contributed by atoms with Crippen molar-refractivity contribution in [2.75, 3.05) is 6.61 Å². The average Bonchev–Trinajstić information content (AvgIpc) is 2.91. The Morgan fingerprint density at radius 3 is 2.03 bits per heavy atom. The van der Waals surface area contributed by atoms with Gasteiger partial charge in [0.2, 0.25) is 0 Å². The minimum Gasteiger partial charge on any atom is -0.494 e. The van der Waals surface area contributed by atoms with Crippen molar-refractivity contribution in [1.29, 1.82) is 0 Å². The van der Waals surface area contributed by atoms with E-state index in [-0.39, 0.29) is 5.82 Å². The first-order chi connectivity index (χ1) is 18.1. The molecular formula is C32H37FO4. The molecule has 196 valence electrons. The largest absolute Gasteiger partial charge is 0.519 e. The molecule has 0 aromatic heterocycles. The first-order valence-electron chi connectivity index (χ1n) is 13.6. The van der Waals surface area contributed by atoms with Gasteiger partial charge in [0.05, 0.1) is 6.61 Å². The van der Waals surface area contributed by atoms with Gasteiger partial charge in [-0.2, -0.15) is 0 Å². The number of carbonyl (C=O) groups is 1. The van der Waals surface area contributed by atoms with E-state index in [0.29, 0.717) is 35.3 Å². The number of halogens is 1. The number of ether oxygens (including phenoxy) is 3. The lowest BCUT2D eigenvalue weighted by Crippen LogP contribution is -2.13. The number of hydrogen-bond donors (Lipinski definition) is 0. The summed E-state index contributed by atoms with van der Waals surface area (Å²) in [6, 6.07) is 19.1. The van der Waals surface area contributed by atoms with Gasteiger partial charge in [-0.25, -0.2) is 9.18 Å². The van der Waals surface area contributed by atoms with Crippen molar-refractivity contribution in [1.82, 2.24) is 0 Å². The highest BCUT2D eigenvalue weighted by Crippen LogP contribution is 2.39. The third kappa shape index (κ3) is 7.58. The fourth-order valence-corrected chi connectivity index (χ4v) is 5.17. The number of benzene rings is 3. The second-order valence-corrected chi connectivity index (χ2v) is 9.84. The molecule has 0 N–H and O–H groups in total. The van der Waals surface area contributed by atoms with Crippen molar-refractivity contribution in [3.05, 3.63) is 78.1 Å². The van der Waals surface area contributed by atoms with Gasteiger partial charge in [-0.05, 0) is 98.0 Å². The van der Waals surface area contributed by atoms with Crippen LogP contribution in [0, 0.1) is 11.7 Å². The van der Waals surface area contributed by atoms with Crippen LogP contribution in [0.3, 0.4) is 0 Å². The third-order valence-electron chi connectivity index (χ3n) is 7.23. The molecule has 0 heterocycles. The van der Waals surface area contributed by atoms with Gasteiger partial charge in [-0.3, -0.25) is 0 Å². The maximum Gasteiger partial charge on any atom is 0.519 e. The highest BCUT2D eigenvalue weighted by molar-refractivity contribution is 5.69. The number of unbranched alkanes of at least 4 members (excludes halogenated alkanes) is 2. The zero-order valence-electron chi connectivity index (χ0n) is 21.9. The molecule has 1 aliphatic carbocycles. The predicted octanol–water partition coefficient (Wildman–Crippen LogP) is 9.32. The Morgan fingerprint density at radius 1 is 0.811 bits per heavy atom. The molecular weight excluding hydrogens is 467 g/mol. The van der Waals surface area contributed by atoms with Crippen LogP contribution in [0.1, 0.15) is 76.7 Å². The summed E-state index contributed by atoms with van der Waals surface area (Å²) >= 11 is 0. The SMILES string of the molecule is CCCCCC1CCC(c2ccc(-c3ccc(OC(=O)Oc4ccc(OCC)cc4)cc3)c(F)c2)CC1. The van der Waals surface area contributed by atoms with E-state index in [2.05, 4.69) is 13.0 Å². The molecule has 1 saturated carbocycles. The zero-order chi connectivity index (χ0) is 26.0. The van der Waals surface area contributed by atoms with Crippen molar-refractivity contribution in [2.45, 2.75) is 71.1 Å². The summed E-state index contributed by atoms with van der Waals surface area (Å²) in [5, 5.41) is 0. The lowest BCUT2D eigenvalue weighted by Gasteiger charge is -2.29. The molecule has 0 radical (unpaired) electrons. The number of rotatable bonds is 10. The smallest absolute Gasteiger partial charge is 0.494 e. The molecule has 3 aromatic rings. The maximum atomic E-state index is 15.1. The van der Waals surface area contributed by atoms with Crippen molar-refractivity contribution >= 4 is 6.16 Å². The minimum atomic E-state index is -0.840. The molecule has 0 unspecified atom stereocenters. The zero-order valence-corrected chi connectivity index (χ0v) is 21.9. The Morgan fingerprint density at radius 2 is 1.43 bits per heavy atom. The van der Waals surface area contributed by atoms with E-state index in [0.717, 1.165) is 29.9 Å². The average molecular weight is 505 g/mol. The van der Waals surface area contributed by atoms with Crippen LogP contribution < -0.4 is 14.2 Å². The van der Waals surface area contributed by atoms with E-state index in [9.17, 15) is 4.79 Å². The summed E-state index contributed by atoms with van der Waals surface area (Å²) in [6.45, 7) is 4.71. The van der Waals surface area contributed by atoms with Crippen molar-refractivity contribution in [2.24, 2.45) is 5.92 Å². The van der Waals surface area contributed by atoms with E-state index >= 15 is 4.39 Å². The molecule has 0 atom stereocenters. The Hall–Kier alpha value is -3.34. The lowest BCUT2D eigenvalue weighted by atomic mass is 9.77. The normalized spacial score (nSPS) is 17.3. The fraction of sp³-hybridized carbons (Fsp3) is 0.406. The highest BCUT2D eigenvalue weighted by atomic mass is 19.1. The standard InChI is InChI=1S/C32H37FO4/c1-3-5-6-7-23-8-10-24(11-9-23)26-14-21-30(31(33)22-26)25-12-15-28(16-13-25)36-32(34)37-29-19-17-27(18-20-29)35-4-2/h12-24H,3-11H2,1-2H3. The van der Waals surface area contributed by atoms with Gasteiger partial charge in [0.1, 0.15) is 23.1 Å². The van der Waals surface area contributed by atoms with Crippen LogP contribution in [0.25, 0.3) is 11.1 Å². The minimum absolute atomic E-state index is 0.217. The van der Waals surface area contributed by atoms with Crippen LogP contribution in [-0.4, -0.2) is 12.8 Å². The molecule has 1 fully saturated rings. The molecule has 0 spiro atoms. The van der Waals surface area contributed by atoms with Crippen LogP contribution in [0.2, 0.25) is 0 Å². The first-order valence-corrected chi connectivity index (χ1v) is 13.6. The van der Waals surface area contributed by atoms with Gasteiger partial charge in [-0.15, -0.1) is 0 Å². The highest BCUT2D eigenvalue weighted by Gasteiger charge is 2.23. The van der Waals surface area contributed by atoms with Gasteiger partial charge in [0.25, 0.3) is 0 Å². The molecule has 4 rings (SSSR count). The van der Waals surface area contributed by atoms with Crippen LogP contribution in [0.4, 0.5) is 9.18 Å². The second-order valence-electron chi connectivity index (χ2n) is 9.84. The van der Waals surface area contributed by atoms with E-state index in [4.69, 9.17) is 14.2 Å². The Bertz CT molecular complexity index is 1130. The van der Waals surface area contributed by atoms with E-state index in [1.165, 1.54) is 38.5 Å². The third-order valence-corrected chi connectivity index (χ3v) is 7.23. The van der Waals surface area contributed by atoms with Crippen LogP contribution in [-0.2, 0) is 0 Å². The van der Waals surface area contributed by atoms with Crippen molar-refractivity contribution in [3.63, 3.8) is 0 Å². The maximum absolute atomic E-state index is 15.1. The summed E-state index contributed by atoms with van der Waals surface area (Å²) in [4.78, 5) is 12.1. The molecule has 0 aliphatic heterocycles.